The van der Waals surface area contributed by atoms with E-state index in [2.05, 4.69) is 5.32 Å². The number of halogens is 8. The zero-order valence-electron chi connectivity index (χ0n) is 21.4. The molecule has 1 saturated carbocycles. The van der Waals surface area contributed by atoms with Gasteiger partial charge in [-0.1, -0.05) is 48.5 Å². The number of fused-ring (bicyclic) bond motifs is 3. The molecule has 12 heteroatoms. The Labute approximate surface area is 231 Å². The van der Waals surface area contributed by atoms with Gasteiger partial charge in [0.25, 0.3) is 0 Å². The summed E-state index contributed by atoms with van der Waals surface area (Å²) in [6.45, 7) is 0.405. The van der Waals surface area contributed by atoms with Crippen LogP contribution in [0.15, 0.2) is 77.7 Å². The van der Waals surface area contributed by atoms with Crippen LogP contribution in [-0.4, -0.2) is 26.8 Å². The molecule has 2 aliphatic rings. The number of hydrogen-bond donors (Lipinski definition) is 1. The van der Waals surface area contributed by atoms with Gasteiger partial charge in [-0.25, -0.2) is 17.2 Å². The van der Waals surface area contributed by atoms with E-state index in [4.69, 9.17) is 0 Å². The minimum atomic E-state index is -6.30. The van der Waals surface area contributed by atoms with Crippen molar-refractivity contribution < 1.29 is 43.5 Å². The second-order valence-corrected chi connectivity index (χ2v) is 12.7. The van der Waals surface area contributed by atoms with E-state index in [1.54, 1.807) is 0 Å². The molecule has 3 aromatic carbocycles. The van der Waals surface area contributed by atoms with Crippen LogP contribution in [0.1, 0.15) is 41.5 Å². The first-order valence-corrected chi connectivity index (χ1v) is 14.3. The quantitative estimate of drug-likeness (QED) is 0.238. The van der Waals surface area contributed by atoms with Gasteiger partial charge in [-0.15, -0.1) is 0 Å². The minimum Gasteiger partial charge on any atom is -0.310 e. The Bertz CT molecular complexity index is 1510. The maximum atomic E-state index is 14.9. The van der Waals surface area contributed by atoms with Gasteiger partial charge >= 0.3 is 18.0 Å². The third kappa shape index (κ3) is 4.63. The maximum absolute atomic E-state index is 14.9. The van der Waals surface area contributed by atoms with Crippen molar-refractivity contribution in [3.8, 4) is 0 Å². The molecule has 5 rings (SSSR count). The molecular formula is C29H25F8NO2S. The van der Waals surface area contributed by atoms with Crippen LogP contribution in [0.5, 0.6) is 0 Å². The molecule has 2 aliphatic carbocycles. The van der Waals surface area contributed by atoms with E-state index in [-0.39, 0.29) is 41.3 Å². The number of aryl methyl sites for hydroxylation is 1. The molecular weight excluding hydrogens is 578 g/mol. The summed E-state index contributed by atoms with van der Waals surface area (Å²) >= 11 is 0. The molecule has 1 N–H and O–H groups in total. The zero-order valence-corrected chi connectivity index (χ0v) is 22.2. The van der Waals surface area contributed by atoms with Crippen LogP contribution in [0.3, 0.4) is 0 Å². The van der Waals surface area contributed by atoms with Gasteiger partial charge in [0, 0.05) is 18.2 Å². The first-order valence-electron chi connectivity index (χ1n) is 12.9. The summed E-state index contributed by atoms with van der Waals surface area (Å²) in [4.78, 5) is -0.227. The lowest BCUT2D eigenvalue weighted by Crippen LogP contribution is -2.51. The summed E-state index contributed by atoms with van der Waals surface area (Å²) < 4.78 is 136. The van der Waals surface area contributed by atoms with Gasteiger partial charge < -0.3 is 5.32 Å². The van der Waals surface area contributed by atoms with Gasteiger partial charge in [-0.2, -0.15) is 26.3 Å². The highest BCUT2D eigenvalue weighted by Gasteiger charge is 2.73. The second-order valence-electron chi connectivity index (χ2n) is 10.5. The van der Waals surface area contributed by atoms with Crippen LogP contribution in [0.4, 0.5) is 35.1 Å². The number of sulfone groups is 1. The molecule has 0 amide bonds. The lowest BCUT2D eigenvalue weighted by Gasteiger charge is -2.43. The molecule has 0 heterocycles. The molecule has 0 spiro atoms. The first kappa shape index (κ1) is 29.5. The summed E-state index contributed by atoms with van der Waals surface area (Å²) in [7, 11) is -4.36. The van der Waals surface area contributed by atoms with Crippen molar-refractivity contribution >= 4 is 9.84 Å². The fraction of sp³-hybridized carbons (Fsp3) is 0.379. The second kappa shape index (κ2) is 10.1. The molecule has 0 unspecified atom stereocenters. The van der Waals surface area contributed by atoms with E-state index in [1.165, 1.54) is 0 Å². The Morgan fingerprint density at radius 3 is 2.07 bits per heavy atom. The summed E-state index contributed by atoms with van der Waals surface area (Å²) in [5.41, 5.74) is -6.41. The minimum absolute atomic E-state index is 0.00941. The highest BCUT2D eigenvalue weighted by Crippen LogP contribution is 2.59. The molecule has 3 aromatic rings. The average molecular weight is 604 g/mol. The Balaban J connectivity index is 1.64. The Morgan fingerprint density at radius 1 is 0.829 bits per heavy atom. The van der Waals surface area contributed by atoms with Crippen molar-refractivity contribution in [1.29, 1.82) is 0 Å². The van der Waals surface area contributed by atoms with Crippen LogP contribution in [0, 0.1) is 11.7 Å². The SMILES string of the molecule is O=S(=O)(c1ccc(F)cc1)[C@@]12CC[C@@H](NCc3ccccc3)[C@@H]1CCc1cc(C(F)(C(F)(F)F)C(F)(F)F)ccc12. The predicted molar refractivity (Wildman–Crippen MR) is 135 cm³/mol. The normalized spacial score (nSPS) is 23.2. The number of rotatable bonds is 6. The third-order valence-electron chi connectivity index (χ3n) is 8.39. The Morgan fingerprint density at radius 2 is 1.46 bits per heavy atom. The van der Waals surface area contributed by atoms with Crippen LogP contribution in [-0.2, 0) is 33.2 Å². The highest BCUT2D eigenvalue weighted by molar-refractivity contribution is 7.92. The summed E-state index contributed by atoms with van der Waals surface area (Å²) in [6, 6.07) is 14.8. The molecule has 220 valence electrons. The van der Waals surface area contributed by atoms with E-state index in [0.29, 0.717) is 25.1 Å². The molecule has 3 nitrogen and oxygen atoms in total. The van der Waals surface area contributed by atoms with Gasteiger partial charge in [-0.05, 0) is 72.6 Å². The lowest BCUT2D eigenvalue weighted by atomic mass is 9.74. The van der Waals surface area contributed by atoms with Crippen molar-refractivity contribution in [2.75, 3.05) is 0 Å². The lowest BCUT2D eigenvalue weighted by molar-refractivity contribution is -0.348. The van der Waals surface area contributed by atoms with E-state index in [1.807, 2.05) is 30.3 Å². The monoisotopic (exact) mass is 603 g/mol. The van der Waals surface area contributed by atoms with E-state index >= 15 is 0 Å². The number of hydrogen-bond acceptors (Lipinski definition) is 3. The van der Waals surface area contributed by atoms with Crippen LogP contribution >= 0.6 is 0 Å². The van der Waals surface area contributed by atoms with Crippen molar-refractivity contribution in [1.82, 2.24) is 5.32 Å². The standard InChI is InChI=1S/C29H25F8NO2S/c30-21-8-10-22(11-9-21)41(39,40)26-15-14-25(38-17-18-4-2-1-3-5-18)24(26)12-6-19-16-20(7-13-23(19)26)27(31,28(32,33)34)29(35,36)37/h1-5,7-11,13,16,24-25,38H,6,12,14-15,17H2/t24-,25+,26+/m0/s1. The molecule has 0 saturated heterocycles. The van der Waals surface area contributed by atoms with Crippen molar-refractivity contribution in [2.45, 2.75) is 65.9 Å². The Hall–Kier alpha value is -2.99. The smallest absolute Gasteiger partial charge is 0.310 e. The predicted octanol–water partition coefficient (Wildman–Crippen LogP) is 7.30. The van der Waals surface area contributed by atoms with Gasteiger partial charge in [0.2, 0.25) is 0 Å². The van der Waals surface area contributed by atoms with Crippen LogP contribution in [0.25, 0.3) is 0 Å². The average Bonchev–Trinajstić information content (AvgIpc) is 3.31. The van der Waals surface area contributed by atoms with E-state index < -0.39 is 49.9 Å². The molecule has 41 heavy (non-hydrogen) atoms. The summed E-state index contributed by atoms with van der Waals surface area (Å²) in [6.07, 6.45) is -12.2. The molecule has 1 fully saturated rings. The summed E-state index contributed by atoms with van der Waals surface area (Å²) in [5.74, 6) is -1.29. The van der Waals surface area contributed by atoms with Gasteiger partial charge in [0.05, 0.1) is 4.90 Å². The maximum Gasteiger partial charge on any atom is 0.435 e. The fourth-order valence-corrected chi connectivity index (χ4v) is 8.94. The molecule has 0 bridgehead atoms. The largest absolute Gasteiger partial charge is 0.435 e. The highest BCUT2D eigenvalue weighted by atomic mass is 32.2. The van der Waals surface area contributed by atoms with Crippen LogP contribution < -0.4 is 5.32 Å². The molecule has 0 radical (unpaired) electrons. The van der Waals surface area contributed by atoms with E-state index in [0.717, 1.165) is 35.9 Å². The molecule has 0 aromatic heterocycles. The molecule has 3 atom stereocenters. The van der Waals surface area contributed by atoms with Crippen molar-refractivity contribution in [2.24, 2.45) is 5.92 Å². The molecule has 0 aliphatic heterocycles. The number of benzene rings is 3. The topological polar surface area (TPSA) is 46.2 Å². The van der Waals surface area contributed by atoms with Gasteiger partial charge in [0.1, 0.15) is 10.6 Å². The van der Waals surface area contributed by atoms with Gasteiger partial charge in [-0.3, -0.25) is 0 Å². The Kier molecular flexibility index (Phi) is 7.25. The zero-order chi connectivity index (χ0) is 29.8. The number of alkyl halides is 7. The first-order chi connectivity index (χ1) is 19.1. The van der Waals surface area contributed by atoms with Crippen LogP contribution in [0.2, 0.25) is 0 Å². The van der Waals surface area contributed by atoms with Gasteiger partial charge in [0.15, 0.2) is 9.84 Å². The van der Waals surface area contributed by atoms with Crippen molar-refractivity contribution in [3.63, 3.8) is 0 Å². The fourth-order valence-electron chi connectivity index (χ4n) is 6.47. The third-order valence-corrected chi connectivity index (χ3v) is 11.0. The summed E-state index contributed by atoms with van der Waals surface area (Å²) in [5, 5.41) is 3.38. The van der Waals surface area contributed by atoms with E-state index in [9.17, 15) is 43.5 Å². The number of nitrogens with one attached hydrogen (secondary N) is 1. The van der Waals surface area contributed by atoms with Crippen molar-refractivity contribution in [3.05, 3.63) is 101 Å².